The number of methoxy groups -OCH3 is 1. The molecule has 0 radical (unpaired) electrons. The topological polar surface area (TPSA) is 98.6 Å². The molecule has 2 aromatic rings. The third-order valence-corrected chi connectivity index (χ3v) is 5.52. The normalized spacial score (nSPS) is 20.6. The molecular weight excluding hydrogens is 386 g/mol. The molecule has 1 atom stereocenters. The number of rotatable bonds is 1. The molecule has 160 valence electrons. The molecule has 4 rings (SSSR count). The van der Waals surface area contributed by atoms with Crippen molar-refractivity contribution in [2.75, 3.05) is 26.8 Å². The fraction of sp³-hybridized carbons (Fsp3) is 0.524. The number of aromatic nitrogens is 3. The highest BCUT2D eigenvalue weighted by Crippen LogP contribution is 2.28. The van der Waals surface area contributed by atoms with Gasteiger partial charge in [-0.1, -0.05) is 5.21 Å². The summed E-state index contributed by atoms with van der Waals surface area (Å²) in [6, 6.07) is 5.08. The van der Waals surface area contributed by atoms with Gasteiger partial charge in [0, 0.05) is 37.3 Å². The number of nitrogens with one attached hydrogen (secondary N) is 1. The molecule has 1 N–H and O–H groups in total. The predicted octanol–water partition coefficient (Wildman–Crippen LogP) is 1.42. The van der Waals surface area contributed by atoms with E-state index >= 15 is 0 Å². The van der Waals surface area contributed by atoms with Gasteiger partial charge in [-0.3, -0.25) is 9.59 Å². The van der Waals surface area contributed by atoms with Crippen LogP contribution < -0.4 is 14.8 Å². The molecule has 30 heavy (non-hydrogen) atoms. The molecule has 1 saturated heterocycles. The van der Waals surface area contributed by atoms with E-state index in [0.29, 0.717) is 49.6 Å². The van der Waals surface area contributed by atoms with Crippen LogP contribution in [0, 0.1) is 0 Å². The summed E-state index contributed by atoms with van der Waals surface area (Å²) < 4.78 is 13.0. The van der Waals surface area contributed by atoms with Gasteiger partial charge in [-0.15, -0.1) is 5.10 Å². The molecule has 1 aromatic carbocycles. The molecule has 0 aliphatic carbocycles. The van der Waals surface area contributed by atoms with Gasteiger partial charge < -0.3 is 19.7 Å². The first kappa shape index (κ1) is 20.2. The zero-order chi connectivity index (χ0) is 20.9. The standard InChI is InChI=1S/C21H27N5O4/c1-29-18-8-7-15-12-19(18)30-11-10-26-14-17(23-24-26)4-2-6-20(27)25-9-3-5-16(13-25)22-21(15)28/h7-8,12,14,16H,2-6,9-11,13H2,1H3,(H,22,28). The van der Waals surface area contributed by atoms with Crippen LogP contribution in [0.25, 0.3) is 0 Å². The summed E-state index contributed by atoms with van der Waals surface area (Å²) in [5.74, 6) is 1.02. The Morgan fingerprint density at radius 2 is 2.10 bits per heavy atom. The number of hydrogen-bond donors (Lipinski definition) is 1. The molecule has 9 heteroatoms. The van der Waals surface area contributed by atoms with Gasteiger partial charge in [-0.25, -0.2) is 4.68 Å². The number of ether oxygens (including phenoxy) is 2. The maximum Gasteiger partial charge on any atom is 0.251 e. The first-order chi connectivity index (χ1) is 14.6. The van der Waals surface area contributed by atoms with Crippen molar-refractivity contribution in [2.45, 2.75) is 44.7 Å². The Kier molecular flexibility index (Phi) is 6.15. The minimum atomic E-state index is -0.177. The summed E-state index contributed by atoms with van der Waals surface area (Å²) >= 11 is 0. The number of aryl methyl sites for hydroxylation is 1. The van der Waals surface area contributed by atoms with Gasteiger partial charge in [0.15, 0.2) is 11.5 Å². The molecule has 1 aromatic heterocycles. The quantitative estimate of drug-likeness (QED) is 0.759. The van der Waals surface area contributed by atoms with E-state index in [1.54, 1.807) is 30.0 Å². The Morgan fingerprint density at radius 1 is 1.20 bits per heavy atom. The molecule has 3 heterocycles. The van der Waals surface area contributed by atoms with E-state index in [-0.39, 0.29) is 17.9 Å². The van der Waals surface area contributed by atoms with Crippen LogP contribution in [0.5, 0.6) is 11.5 Å². The Balaban J connectivity index is 1.57. The molecule has 0 saturated carbocycles. The van der Waals surface area contributed by atoms with Crippen molar-refractivity contribution in [2.24, 2.45) is 0 Å². The van der Waals surface area contributed by atoms with Gasteiger partial charge in [0.05, 0.1) is 19.3 Å². The lowest BCUT2D eigenvalue weighted by molar-refractivity contribution is -0.132. The monoisotopic (exact) mass is 413 g/mol. The van der Waals surface area contributed by atoms with Crippen molar-refractivity contribution in [3.63, 3.8) is 0 Å². The van der Waals surface area contributed by atoms with Crippen LogP contribution in [0.2, 0.25) is 0 Å². The average Bonchev–Trinajstić information content (AvgIpc) is 3.20. The highest BCUT2D eigenvalue weighted by Gasteiger charge is 2.25. The first-order valence-corrected chi connectivity index (χ1v) is 10.4. The second-order valence-electron chi connectivity index (χ2n) is 7.69. The zero-order valence-corrected chi connectivity index (χ0v) is 17.2. The summed E-state index contributed by atoms with van der Waals surface area (Å²) in [7, 11) is 1.57. The van der Waals surface area contributed by atoms with E-state index in [1.807, 2.05) is 11.1 Å². The molecule has 0 spiro atoms. The second-order valence-corrected chi connectivity index (χ2v) is 7.69. The van der Waals surface area contributed by atoms with Crippen molar-refractivity contribution < 1.29 is 19.1 Å². The smallest absolute Gasteiger partial charge is 0.251 e. The lowest BCUT2D eigenvalue weighted by atomic mass is 10.0. The van der Waals surface area contributed by atoms with E-state index < -0.39 is 0 Å². The van der Waals surface area contributed by atoms with Gasteiger partial charge in [0.1, 0.15) is 6.61 Å². The van der Waals surface area contributed by atoms with Gasteiger partial charge in [0.2, 0.25) is 5.91 Å². The number of hydrogen-bond acceptors (Lipinski definition) is 6. The number of piperidine rings is 1. The summed E-state index contributed by atoms with van der Waals surface area (Å²) in [5, 5.41) is 11.4. The van der Waals surface area contributed by atoms with Crippen molar-refractivity contribution in [1.29, 1.82) is 0 Å². The highest BCUT2D eigenvalue weighted by atomic mass is 16.5. The number of carbonyl (C=O) groups excluding carboxylic acids is 2. The molecule has 6 bridgehead atoms. The Labute approximate surface area is 175 Å². The lowest BCUT2D eigenvalue weighted by Crippen LogP contribution is -2.49. The van der Waals surface area contributed by atoms with Crippen LogP contribution in [0.15, 0.2) is 24.4 Å². The number of amides is 2. The van der Waals surface area contributed by atoms with Crippen LogP contribution in [-0.2, 0) is 17.8 Å². The lowest BCUT2D eigenvalue weighted by Gasteiger charge is -2.33. The molecule has 2 aliphatic rings. The minimum absolute atomic E-state index is 0.0551. The van der Waals surface area contributed by atoms with E-state index in [2.05, 4.69) is 15.6 Å². The van der Waals surface area contributed by atoms with E-state index in [1.165, 1.54) is 0 Å². The third kappa shape index (κ3) is 4.72. The summed E-state index contributed by atoms with van der Waals surface area (Å²) in [6.07, 6.45) is 5.52. The largest absolute Gasteiger partial charge is 0.493 e. The number of benzene rings is 1. The fourth-order valence-corrected chi connectivity index (χ4v) is 3.91. The molecule has 9 nitrogen and oxygen atoms in total. The molecule has 1 fully saturated rings. The predicted molar refractivity (Wildman–Crippen MR) is 109 cm³/mol. The van der Waals surface area contributed by atoms with Crippen LogP contribution in [0.1, 0.15) is 41.7 Å². The Morgan fingerprint density at radius 3 is 2.97 bits per heavy atom. The van der Waals surface area contributed by atoms with E-state index in [0.717, 1.165) is 31.5 Å². The first-order valence-electron chi connectivity index (χ1n) is 10.4. The molecule has 1 unspecified atom stereocenters. The van der Waals surface area contributed by atoms with E-state index in [4.69, 9.17) is 9.47 Å². The maximum atomic E-state index is 12.8. The molecule has 2 aliphatic heterocycles. The van der Waals surface area contributed by atoms with Crippen molar-refractivity contribution >= 4 is 11.8 Å². The van der Waals surface area contributed by atoms with Crippen molar-refractivity contribution in [1.82, 2.24) is 25.2 Å². The zero-order valence-electron chi connectivity index (χ0n) is 17.2. The number of carbonyl (C=O) groups is 2. The number of nitrogens with zero attached hydrogens (tertiary/aromatic N) is 4. The molecule has 2 amide bonds. The summed E-state index contributed by atoms with van der Waals surface area (Å²) in [6.45, 7) is 2.16. The van der Waals surface area contributed by atoms with Crippen LogP contribution >= 0.6 is 0 Å². The van der Waals surface area contributed by atoms with E-state index in [9.17, 15) is 9.59 Å². The van der Waals surface area contributed by atoms with Crippen molar-refractivity contribution in [3.8, 4) is 11.5 Å². The maximum absolute atomic E-state index is 12.8. The molecular formula is C21H27N5O4. The van der Waals surface area contributed by atoms with Gasteiger partial charge in [-0.2, -0.15) is 0 Å². The SMILES string of the molecule is COc1ccc2cc1OCCn1cc(nn1)CCCC(=O)N1CCCC(C1)NC2=O. The number of fused-ring (bicyclic) bond motifs is 6. The third-order valence-electron chi connectivity index (χ3n) is 5.52. The Hall–Kier alpha value is -3.10. The van der Waals surface area contributed by atoms with Gasteiger partial charge in [0.25, 0.3) is 5.91 Å². The van der Waals surface area contributed by atoms with Gasteiger partial charge >= 0.3 is 0 Å². The van der Waals surface area contributed by atoms with Crippen LogP contribution in [0.3, 0.4) is 0 Å². The van der Waals surface area contributed by atoms with Crippen molar-refractivity contribution in [3.05, 3.63) is 35.7 Å². The highest BCUT2D eigenvalue weighted by molar-refractivity contribution is 5.95. The average molecular weight is 413 g/mol. The summed E-state index contributed by atoms with van der Waals surface area (Å²) in [5.41, 5.74) is 1.37. The van der Waals surface area contributed by atoms with Crippen LogP contribution in [0.4, 0.5) is 0 Å². The Bertz CT molecular complexity index is 913. The minimum Gasteiger partial charge on any atom is -0.493 e. The second kappa shape index (κ2) is 9.15. The van der Waals surface area contributed by atoms with Gasteiger partial charge in [-0.05, 0) is 43.9 Å². The fourth-order valence-electron chi connectivity index (χ4n) is 3.91. The van der Waals surface area contributed by atoms with Crippen LogP contribution in [-0.4, -0.2) is 64.6 Å². The summed E-state index contributed by atoms with van der Waals surface area (Å²) in [4.78, 5) is 27.3.